The Bertz CT molecular complexity index is 676. The van der Waals surface area contributed by atoms with E-state index in [2.05, 4.69) is 20.6 Å². The van der Waals surface area contributed by atoms with Crippen LogP contribution in [0, 0.1) is 6.92 Å². The van der Waals surface area contributed by atoms with Crippen molar-refractivity contribution in [2.24, 2.45) is 17.9 Å². The van der Waals surface area contributed by atoms with E-state index in [1.807, 2.05) is 0 Å². The van der Waals surface area contributed by atoms with Crippen LogP contribution in [-0.2, 0) is 7.05 Å². The van der Waals surface area contributed by atoms with Gasteiger partial charge in [-0.3, -0.25) is 14.5 Å². The van der Waals surface area contributed by atoms with Crippen LogP contribution >= 0.6 is 0 Å². The Morgan fingerprint density at radius 1 is 1.55 bits per heavy atom. The number of carbonyl (C=O) groups excluding carboxylic acids is 1. The van der Waals surface area contributed by atoms with Crippen LogP contribution in [0.5, 0.6) is 0 Å². The molecule has 0 saturated carbocycles. The second-order valence-electron chi connectivity index (χ2n) is 4.14. The number of aryl methyl sites for hydroxylation is 2. The van der Waals surface area contributed by atoms with E-state index in [9.17, 15) is 4.79 Å². The first kappa shape index (κ1) is 13.5. The van der Waals surface area contributed by atoms with Crippen molar-refractivity contribution in [3.05, 3.63) is 41.3 Å². The maximum absolute atomic E-state index is 12.2. The number of nitrogens with two attached hydrogens (primary N) is 1. The fraction of sp³-hybridized carbons (Fsp3) is 0.167. The van der Waals surface area contributed by atoms with Crippen molar-refractivity contribution < 1.29 is 10.0 Å². The van der Waals surface area contributed by atoms with Crippen LogP contribution in [-0.4, -0.2) is 31.7 Å². The van der Waals surface area contributed by atoms with Gasteiger partial charge >= 0.3 is 0 Å². The number of amides is 1. The maximum Gasteiger partial charge on any atom is 0.275 e. The highest BCUT2D eigenvalue weighted by atomic mass is 16.4. The molecule has 0 radical (unpaired) electrons. The highest BCUT2D eigenvalue weighted by molar-refractivity contribution is 6.08. The van der Waals surface area contributed by atoms with E-state index >= 15 is 0 Å². The van der Waals surface area contributed by atoms with Gasteiger partial charge in [0.2, 0.25) is 0 Å². The predicted octanol–water partition coefficient (Wildman–Crippen LogP) is 0.470. The lowest BCUT2D eigenvalue weighted by Gasteiger charge is -2.08. The molecule has 0 aliphatic carbocycles. The maximum atomic E-state index is 12.2. The summed E-state index contributed by atoms with van der Waals surface area (Å²) < 4.78 is 1.42. The summed E-state index contributed by atoms with van der Waals surface area (Å²) in [6.07, 6.45) is 2.94. The minimum atomic E-state index is -0.390. The van der Waals surface area contributed by atoms with Crippen LogP contribution in [0.1, 0.15) is 21.6 Å². The number of carbonyl (C=O) groups is 1. The van der Waals surface area contributed by atoms with E-state index in [4.69, 9.17) is 10.9 Å². The Hall–Kier alpha value is -2.90. The van der Waals surface area contributed by atoms with Crippen LogP contribution in [0.2, 0.25) is 0 Å². The van der Waals surface area contributed by atoms with Crippen LogP contribution in [0.3, 0.4) is 0 Å². The third kappa shape index (κ3) is 2.44. The summed E-state index contributed by atoms with van der Waals surface area (Å²) in [5.74, 6) is -0.194. The molecule has 0 aliphatic heterocycles. The molecule has 0 aliphatic rings. The third-order valence-corrected chi connectivity index (χ3v) is 2.78. The summed E-state index contributed by atoms with van der Waals surface area (Å²) in [6.45, 7) is 1.79. The van der Waals surface area contributed by atoms with Crippen molar-refractivity contribution >= 4 is 17.6 Å². The first-order valence-corrected chi connectivity index (χ1v) is 5.77. The molecule has 2 aromatic rings. The Kier molecular flexibility index (Phi) is 3.65. The Morgan fingerprint density at radius 3 is 2.95 bits per heavy atom. The molecule has 2 aromatic heterocycles. The zero-order valence-corrected chi connectivity index (χ0v) is 11.0. The third-order valence-electron chi connectivity index (χ3n) is 2.78. The number of hydrogen-bond acceptors (Lipinski definition) is 5. The summed E-state index contributed by atoms with van der Waals surface area (Å²) in [5.41, 5.74) is 6.92. The van der Waals surface area contributed by atoms with E-state index < -0.39 is 5.91 Å². The lowest BCUT2D eigenvalue weighted by molar-refractivity contribution is 0.102. The largest absolute Gasteiger partial charge is 0.409 e. The number of amidine groups is 1. The van der Waals surface area contributed by atoms with Crippen molar-refractivity contribution in [2.75, 3.05) is 5.32 Å². The first-order valence-electron chi connectivity index (χ1n) is 5.77. The number of anilines is 1. The molecule has 4 N–H and O–H groups in total. The van der Waals surface area contributed by atoms with Crippen molar-refractivity contribution in [3.63, 3.8) is 0 Å². The van der Waals surface area contributed by atoms with Crippen molar-refractivity contribution in [1.29, 1.82) is 0 Å². The monoisotopic (exact) mass is 274 g/mol. The van der Waals surface area contributed by atoms with Crippen LogP contribution in [0.4, 0.5) is 5.82 Å². The van der Waals surface area contributed by atoms with Gasteiger partial charge in [0.25, 0.3) is 5.91 Å². The second kappa shape index (κ2) is 5.39. The average Bonchev–Trinajstić information content (AvgIpc) is 2.80. The zero-order valence-electron chi connectivity index (χ0n) is 11.0. The number of pyridine rings is 1. The smallest absolute Gasteiger partial charge is 0.275 e. The van der Waals surface area contributed by atoms with Gasteiger partial charge in [-0.1, -0.05) is 11.2 Å². The Labute approximate surface area is 114 Å². The molecule has 0 spiro atoms. The van der Waals surface area contributed by atoms with Gasteiger partial charge in [0.1, 0.15) is 11.5 Å². The minimum absolute atomic E-state index is 0.133. The van der Waals surface area contributed by atoms with Crippen molar-refractivity contribution in [1.82, 2.24) is 14.8 Å². The molecule has 0 aromatic carbocycles. The summed E-state index contributed by atoms with van der Waals surface area (Å²) in [5, 5.41) is 18.2. The fourth-order valence-corrected chi connectivity index (χ4v) is 1.72. The lowest BCUT2D eigenvalue weighted by Crippen LogP contribution is -2.21. The van der Waals surface area contributed by atoms with Gasteiger partial charge < -0.3 is 16.3 Å². The molecule has 0 saturated heterocycles. The van der Waals surface area contributed by atoms with Crippen LogP contribution < -0.4 is 11.1 Å². The molecule has 8 nitrogen and oxygen atoms in total. The number of nitrogens with one attached hydrogen (secondary N) is 1. The van der Waals surface area contributed by atoms with Gasteiger partial charge in [0.15, 0.2) is 5.84 Å². The van der Waals surface area contributed by atoms with E-state index in [1.54, 1.807) is 26.1 Å². The molecule has 0 unspecified atom stereocenters. The molecule has 0 atom stereocenters. The molecule has 1 amide bonds. The molecule has 2 heterocycles. The lowest BCUT2D eigenvalue weighted by atomic mass is 10.2. The molecular weight excluding hydrogens is 260 g/mol. The van der Waals surface area contributed by atoms with Gasteiger partial charge in [0, 0.05) is 13.2 Å². The normalized spacial score (nSPS) is 11.4. The minimum Gasteiger partial charge on any atom is -0.409 e. The quantitative estimate of drug-likeness (QED) is 0.325. The van der Waals surface area contributed by atoms with E-state index in [-0.39, 0.29) is 5.84 Å². The molecule has 2 rings (SSSR count). The van der Waals surface area contributed by atoms with Gasteiger partial charge in [0.05, 0.1) is 11.8 Å². The molecule has 104 valence electrons. The van der Waals surface area contributed by atoms with E-state index in [0.29, 0.717) is 17.1 Å². The molecule has 0 bridgehead atoms. The number of aromatic nitrogens is 3. The van der Waals surface area contributed by atoms with Gasteiger partial charge in [-0.15, -0.1) is 0 Å². The van der Waals surface area contributed by atoms with Crippen molar-refractivity contribution in [2.45, 2.75) is 6.92 Å². The van der Waals surface area contributed by atoms with Gasteiger partial charge in [-0.2, -0.15) is 5.10 Å². The summed E-state index contributed by atoms with van der Waals surface area (Å²) in [6, 6.07) is 3.54. The fourth-order valence-electron chi connectivity index (χ4n) is 1.72. The summed E-state index contributed by atoms with van der Waals surface area (Å²) in [4.78, 5) is 16.2. The Morgan fingerprint density at radius 2 is 2.30 bits per heavy atom. The number of hydrogen-bond donors (Lipinski definition) is 3. The molecule has 0 fully saturated rings. The highest BCUT2D eigenvalue weighted by Gasteiger charge is 2.17. The van der Waals surface area contributed by atoms with Gasteiger partial charge in [-0.25, -0.2) is 0 Å². The molecule has 8 heteroatoms. The van der Waals surface area contributed by atoms with E-state index in [0.717, 1.165) is 5.56 Å². The van der Waals surface area contributed by atoms with E-state index in [1.165, 1.54) is 17.1 Å². The second-order valence-corrected chi connectivity index (χ2v) is 4.14. The standard InChI is InChI=1S/C12H14N6O2/c1-7-4-3-5-14-9(7)12(19)16-11-8(10(13)17-20)6-15-18(11)2/h3-6,20H,1-2H3,(H2,13,17)(H,16,19). The van der Waals surface area contributed by atoms with Crippen LogP contribution in [0.25, 0.3) is 0 Å². The summed E-state index contributed by atoms with van der Waals surface area (Å²) in [7, 11) is 1.63. The number of rotatable bonds is 3. The van der Waals surface area contributed by atoms with Crippen LogP contribution in [0.15, 0.2) is 29.7 Å². The number of oxime groups is 1. The topological polar surface area (TPSA) is 118 Å². The summed E-state index contributed by atoms with van der Waals surface area (Å²) >= 11 is 0. The van der Waals surface area contributed by atoms with Gasteiger partial charge in [-0.05, 0) is 18.6 Å². The molecular formula is C12H14N6O2. The first-order chi connectivity index (χ1) is 9.54. The zero-order chi connectivity index (χ0) is 14.7. The predicted molar refractivity (Wildman–Crippen MR) is 72.6 cm³/mol. The SMILES string of the molecule is Cc1cccnc1C(=O)Nc1c(C(N)=NO)cnn1C. The molecule has 20 heavy (non-hydrogen) atoms. The van der Waals surface area contributed by atoms with Crippen molar-refractivity contribution in [3.8, 4) is 0 Å². The highest BCUT2D eigenvalue weighted by Crippen LogP contribution is 2.15. The Balaban J connectivity index is 2.34. The average molecular weight is 274 g/mol. The number of nitrogens with zero attached hydrogens (tertiary/aromatic N) is 4.